The standard InChI is InChI=1S/C4H5F3O4S/c5-4(6,7)3(1-11-3)2-12(8,9)10/h1-2H2,(H,8,9,10)/t3-/m0/s1. The van der Waals surface area contributed by atoms with Gasteiger partial charge in [-0.05, 0) is 0 Å². The Hall–Kier alpha value is -0.340. The van der Waals surface area contributed by atoms with Crippen LogP contribution in [0.5, 0.6) is 0 Å². The van der Waals surface area contributed by atoms with Crippen LogP contribution < -0.4 is 0 Å². The summed E-state index contributed by atoms with van der Waals surface area (Å²) in [5.74, 6) is -1.43. The van der Waals surface area contributed by atoms with E-state index in [4.69, 9.17) is 4.55 Å². The highest BCUT2D eigenvalue weighted by Gasteiger charge is 2.67. The molecule has 0 saturated carbocycles. The topological polar surface area (TPSA) is 66.9 Å². The van der Waals surface area contributed by atoms with Crippen molar-refractivity contribution in [3.8, 4) is 0 Å². The fourth-order valence-electron chi connectivity index (χ4n) is 0.711. The number of hydrogen-bond donors (Lipinski definition) is 1. The molecule has 1 aliphatic rings. The van der Waals surface area contributed by atoms with Gasteiger partial charge in [0.15, 0.2) is 0 Å². The van der Waals surface area contributed by atoms with Crippen LogP contribution in [-0.4, -0.2) is 37.1 Å². The van der Waals surface area contributed by atoms with Crippen LogP contribution in [0, 0.1) is 0 Å². The maximum atomic E-state index is 11.9. The van der Waals surface area contributed by atoms with E-state index in [1.54, 1.807) is 0 Å². The van der Waals surface area contributed by atoms with Gasteiger partial charge < -0.3 is 4.74 Å². The molecule has 0 aromatic heterocycles. The number of rotatable bonds is 2. The lowest BCUT2D eigenvalue weighted by Crippen LogP contribution is -2.39. The zero-order valence-electron chi connectivity index (χ0n) is 5.63. The number of ether oxygens (including phenoxy) is 1. The summed E-state index contributed by atoms with van der Waals surface area (Å²) in [5, 5.41) is 0. The van der Waals surface area contributed by atoms with Gasteiger partial charge in [-0.1, -0.05) is 0 Å². The first-order valence-electron chi connectivity index (χ1n) is 2.82. The maximum Gasteiger partial charge on any atom is 0.420 e. The summed E-state index contributed by atoms with van der Waals surface area (Å²) >= 11 is 0. The first-order chi connectivity index (χ1) is 5.16. The van der Waals surface area contributed by atoms with E-state index in [2.05, 4.69) is 4.74 Å². The summed E-state index contributed by atoms with van der Waals surface area (Å²) < 4.78 is 68.1. The number of halogens is 3. The van der Waals surface area contributed by atoms with Gasteiger partial charge in [-0.25, -0.2) is 0 Å². The molecule has 1 rings (SSSR count). The number of hydrogen-bond acceptors (Lipinski definition) is 3. The molecule has 0 bridgehead atoms. The Morgan fingerprint density at radius 3 is 2.00 bits per heavy atom. The summed E-state index contributed by atoms with van der Waals surface area (Å²) in [7, 11) is -4.65. The van der Waals surface area contributed by atoms with Crippen LogP contribution in [0.15, 0.2) is 0 Å². The van der Waals surface area contributed by atoms with Crippen LogP contribution in [0.2, 0.25) is 0 Å². The molecule has 1 fully saturated rings. The van der Waals surface area contributed by atoms with Gasteiger partial charge in [0, 0.05) is 0 Å². The van der Waals surface area contributed by atoms with Gasteiger partial charge in [0.1, 0.15) is 5.75 Å². The Balaban J connectivity index is 2.76. The van der Waals surface area contributed by atoms with Gasteiger partial charge in [-0.3, -0.25) is 4.55 Å². The zero-order valence-corrected chi connectivity index (χ0v) is 6.44. The van der Waals surface area contributed by atoms with Gasteiger partial charge >= 0.3 is 6.18 Å². The molecule has 0 aromatic carbocycles. The molecule has 1 heterocycles. The fraction of sp³-hybridized carbons (Fsp3) is 1.00. The molecule has 0 radical (unpaired) electrons. The molecule has 0 spiro atoms. The zero-order chi connectivity index (χ0) is 9.62. The summed E-state index contributed by atoms with van der Waals surface area (Å²) in [6, 6.07) is 0. The molecule has 1 N–H and O–H groups in total. The second-order valence-electron chi connectivity index (χ2n) is 2.51. The van der Waals surface area contributed by atoms with E-state index in [1.165, 1.54) is 0 Å². The second-order valence-corrected chi connectivity index (χ2v) is 3.96. The fourth-order valence-corrected chi connectivity index (χ4v) is 1.63. The lowest BCUT2D eigenvalue weighted by molar-refractivity contribution is -0.177. The van der Waals surface area contributed by atoms with E-state index in [-0.39, 0.29) is 0 Å². The quantitative estimate of drug-likeness (QED) is 0.518. The van der Waals surface area contributed by atoms with Crippen molar-refractivity contribution in [2.24, 2.45) is 0 Å². The molecule has 12 heavy (non-hydrogen) atoms. The van der Waals surface area contributed by atoms with Gasteiger partial charge in [-0.15, -0.1) is 0 Å². The SMILES string of the molecule is O=S(=O)(O)C[C@]1(C(F)(F)F)CO1. The smallest absolute Gasteiger partial charge is 0.359 e. The highest BCUT2D eigenvalue weighted by Crippen LogP contribution is 2.44. The van der Waals surface area contributed by atoms with Gasteiger partial charge in [0.2, 0.25) is 5.60 Å². The molecule has 1 atom stereocenters. The predicted molar refractivity (Wildman–Crippen MR) is 31.2 cm³/mol. The minimum atomic E-state index is -4.75. The Labute approximate surface area is 66.1 Å². The molecule has 4 nitrogen and oxygen atoms in total. The molecule has 0 amide bonds. The first-order valence-corrected chi connectivity index (χ1v) is 4.43. The van der Waals surface area contributed by atoms with E-state index in [9.17, 15) is 21.6 Å². The average Bonchev–Trinajstić information content (AvgIpc) is 2.39. The third-order valence-electron chi connectivity index (χ3n) is 1.42. The van der Waals surface area contributed by atoms with Crippen LogP contribution in [0.25, 0.3) is 0 Å². The second kappa shape index (κ2) is 2.33. The van der Waals surface area contributed by atoms with Crippen molar-refractivity contribution in [3.05, 3.63) is 0 Å². The van der Waals surface area contributed by atoms with E-state index < -0.39 is 34.3 Å². The van der Waals surface area contributed by atoms with E-state index in [0.717, 1.165) is 0 Å². The summed E-state index contributed by atoms with van der Waals surface area (Å²) in [5.41, 5.74) is -2.67. The Morgan fingerprint density at radius 2 is 1.92 bits per heavy atom. The van der Waals surface area contributed by atoms with Crippen molar-refractivity contribution in [1.82, 2.24) is 0 Å². The van der Waals surface area contributed by atoms with Crippen molar-refractivity contribution < 1.29 is 30.9 Å². The molecule has 72 valence electrons. The Kier molecular flexibility index (Phi) is 1.89. The molecule has 1 aliphatic heterocycles. The highest BCUT2D eigenvalue weighted by molar-refractivity contribution is 7.85. The third kappa shape index (κ3) is 1.87. The lowest BCUT2D eigenvalue weighted by atomic mass is 10.2. The highest BCUT2D eigenvalue weighted by atomic mass is 32.2. The van der Waals surface area contributed by atoms with Crippen LogP contribution in [-0.2, 0) is 14.9 Å². The van der Waals surface area contributed by atoms with Crippen molar-refractivity contribution in [2.75, 3.05) is 12.4 Å². The van der Waals surface area contributed by atoms with E-state index >= 15 is 0 Å². The van der Waals surface area contributed by atoms with Gasteiger partial charge in [-0.2, -0.15) is 21.6 Å². The monoisotopic (exact) mass is 206 g/mol. The first kappa shape index (κ1) is 9.75. The Morgan fingerprint density at radius 1 is 1.50 bits per heavy atom. The van der Waals surface area contributed by atoms with Crippen LogP contribution in [0.1, 0.15) is 0 Å². The van der Waals surface area contributed by atoms with Crippen LogP contribution >= 0.6 is 0 Å². The molecule has 0 unspecified atom stereocenters. The summed E-state index contributed by atoms with van der Waals surface area (Å²) in [4.78, 5) is 0. The lowest BCUT2D eigenvalue weighted by Gasteiger charge is -2.13. The molecular formula is C4H5F3O4S. The van der Waals surface area contributed by atoms with Crippen molar-refractivity contribution in [3.63, 3.8) is 0 Å². The summed E-state index contributed by atoms with van der Waals surface area (Å²) in [6.45, 7) is -0.712. The summed E-state index contributed by atoms with van der Waals surface area (Å²) in [6.07, 6.45) is -4.75. The van der Waals surface area contributed by atoms with E-state index in [1.807, 2.05) is 0 Å². The minimum absolute atomic E-state index is 0.712. The van der Waals surface area contributed by atoms with Crippen molar-refractivity contribution in [2.45, 2.75) is 11.8 Å². The minimum Gasteiger partial charge on any atom is -0.359 e. The maximum absolute atomic E-state index is 11.9. The van der Waals surface area contributed by atoms with Crippen molar-refractivity contribution >= 4 is 10.1 Å². The van der Waals surface area contributed by atoms with Gasteiger partial charge in [0.05, 0.1) is 6.61 Å². The number of alkyl halides is 3. The molecule has 0 aliphatic carbocycles. The molecule has 1 saturated heterocycles. The average molecular weight is 206 g/mol. The normalized spacial score (nSPS) is 30.3. The number of epoxide rings is 1. The molecule has 0 aromatic rings. The largest absolute Gasteiger partial charge is 0.420 e. The van der Waals surface area contributed by atoms with Crippen LogP contribution in [0.3, 0.4) is 0 Å². The van der Waals surface area contributed by atoms with E-state index in [0.29, 0.717) is 0 Å². The van der Waals surface area contributed by atoms with Crippen molar-refractivity contribution in [1.29, 1.82) is 0 Å². The third-order valence-corrected chi connectivity index (χ3v) is 2.26. The predicted octanol–water partition coefficient (Wildman–Crippen LogP) is 0.205. The van der Waals surface area contributed by atoms with Gasteiger partial charge in [0.25, 0.3) is 10.1 Å². The molecular weight excluding hydrogens is 201 g/mol. The Bertz CT molecular complexity index is 275. The van der Waals surface area contributed by atoms with Crippen LogP contribution in [0.4, 0.5) is 13.2 Å². The molecule has 8 heteroatoms.